The van der Waals surface area contributed by atoms with Crippen molar-refractivity contribution < 1.29 is 29.2 Å². The Kier molecular flexibility index (Phi) is 8.83. The molecule has 1 aromatic rings. The average Bonchev–Trinajstić information content (AvgIpc) is 2.68. The third-order valence-corrected chi connectivity index (χ3v) is 5.63. The van der Waals surface area contributed by atoms with Gasteiger partial charge in [0.25, 0.3) is 11.8 Å². The van der Waals surface area contributed by atoms with E-state index in [0.717, 1.165) is 0 Å². The summed E-state index contributed by atoms with van der Waals surface area (Å²) in [5.41, 5.74) is 2.28. The van der Waals surface area contributed by atoms with Gasteiger partial charge in [0, 0.05) is 28.2 Å². The standard InChI is InChI=1S/C19H22N2O6S/c1-19(2,28(3)27)16(18(25)21-26)20-17(24)14-10-8-13(9-11-14)6-4-5-7-15(23)12-22/h8-11,15-16,22-23,26H,12H2,1-3H3,(H,20,24)(H,21,25)/t15?,16-,28?/m1/s1. The minimum atomic E-state index is -1.47. The van der Waals surface area contributed by atoms with Crippen LogP contribution in [-0.4, -0.2) is 61.2 Å². The highest BCUT2D eigenvalue weighted by atomic mass is 32.2. The molecule has 5 N–H and O–H groups in total. The van der Waals surface area contributed by atoms with Crippen LogP contribution in [0, 0.1) is 23.7 Å². The normalized spacial score (nSPS) is 13.6. The Hall–Kier alpha value is -2.69. The van der Waals surface area contributed by atoms with Crippen LogP contribution >= 0.6 is 0 Å². The Labute approximate surface area is 165 Å². The van der Waals surface area contributed by atoms with Crippen molar-refractivity contribution in [3.8, 4) is 23.7 Å². The third kappa shape index (κ3) is 6.48. The van der Waals surface area contributed by atoms with E-state index < -0.39 is 46.1 Å². The minimum absolute atomic E-state index is 0.237. The van der Waals surface area contributed by atoms with Gasteiger partial charge in [-0.15, -0.1) is 0 Å². The molecular formula is C19H22N2O6S. The molecule has 0 heterocycles. The van der Waals surface area contributed by atoms with Gasteiger partial charge in [0.1, 0.15) is 12.1 Å². The summed E-state index contributed by atoms with van der Waals surface area (Å²) in [7, 11) is -1.47. The number of benzene rings is 1. The number of carbonyl (C=O) groups excluding carboxylic acids is 2. The predicted molar refractivity (Wildman–Crippen MR) is 104 cm³/mol. The Balaban J connectivity index is 2.94. The van der Waals surface area contributed by atoms with E-state index in [2.05, 4.69) is 29.0 Å². The first-order valence-electron chi connectivity index (χ1n) is 8.12. The molecule has 0 aliphatic heterocycles. The summed E-state index contributed by atoms with van der Waals surface area (Å²) < 4.78 is 10.8. The summed E-state index contributed by atoms with van der Waals surface area (Å²) in [6.45, 7) is 2.60. The van der Waals surface area contributed by atoms with Crippen molar-refractivity contribution in [2.45, 2.75) is 30.7 Å². The van der Waals surface area contributed by atoms with Crippen LogP contribution in [0.5, 0.6) is 0 Å². The number of aliphatic hydroxyl groups excluding tert-OH is 2. The average molecular weight is 406 g/mol. The number of nitrogens with one attached hydrogen (secondary N) is 2. The van der Waals surface area contributed by atoms with E-state index >= 15 is 0 Å². The lowest BCUT2D eigenvalue weighted by Gasteiger charge is -2.31. The zero-order valence-corrected chi connectivity index (χ0v) is 16.5. The smallest absolute Gasteiger partial charge is 0.267 e. The first kappa shape index (κ1) is 23.3. The van der Waals surface area contributed by atoms with Crippen molar-refractivity contribution in [1.82, 2.24) is 10.8 Å². The van der Waals surface area contributed by atoms with Crippen LogP contribution in [0.4, 0.5) is 0 Å². The quantitative estimate of drug-likeness (QED) is 0.237. The molecule has 9 heteroatoms. The molecule has 0 bridgehead atoms. The van der Waals surface area contributed by atoms with Gasteiger partial charge >= 0.3 is 0 Å². The molecule has 150 valence electrons. The molecule has 0 saturated heterocycles. The molecule has 1 aromatic carbocycles. The molecule has 2 amide bonds. The molecule has 2 unspecified atom stereocenters. The molecular weight excluding hydrogens is 384 g/mol. The van der Waals surface area contributed by atoms with Crippen molar-refractivity contribution in [3.63, 3.8) is 0 Å². The lowest BCUT2D eigenvalue weighted by atomic mass is 10.0. The molecule has 3 atom stereocenters. The van der Waals surface area contributed by atoms with Gasteiger partial charge < -0.3 is 15.5 Å². The summed E-state index contributed by atoms with van der Waals surface area (Å²) in [6, 6.07) is 4.88. The number of amides is 2. The van der Waals surface area contributed by atoms with Gasteiger partial charge in [-0.05, 0) is 50.0 Å². The number of hydroxylamine groups is 1. The molecule has 0 aliphatic rings. The molecule has 28 heavy (non-hydrogen) atoms. The molecule has 0 spiro atoms. The number of carbonyl (C=O) groups is 2. The topological polar surface area (TPSA) is 136 Å². The van der Waals surface area contributed by atoms with Crippen molar-refractivity contribution in [2.24, 2.45) is 0 Å². The second kappa shape index (κ2) is 10.6. The zero-order chi connectivity index (χ0) is 21.3. The lowest BCUT2D eigenvalue weighted by molar-refractivity contribution is -0.131. The maximum Gasteiger partial charge on any atom is 0.267 e. The van der Waals surface area contributed by atoms with Crippen LogP contribution in [0.25, 0.3) is 0 Å². The van der Waals surface area contributed by atoms with E-state index in [1.54, 1.807) is 12.1 Å². The molecule has 0 aromatic heterocycles. The lowest BCUT2D eigenvalue weighted by Crippen LogP contribution is -2.58. The number of hydrogen-bond acceptors (Lipinski definition) is 6. The molecule has 0 saturated carbocycles. The van der Waals surface area contributed by atoms with Crippen LogP contribution in [0.1, 0.15) is 29.8 Å². The Morgan fingerprint density at radius 2 is 1.82 bits per heavy atom. The second-order valence-electron chi connectivity index (χ2n) is 6.24. The maximum atomic E-state index is 12.4. The van der Waals surface area contributed by atoms with Crippen molar-refractivity contribution in [1.29, 1.82) is 0 Å². The van der Waals surface area contributed by atoms with E-state index in [0.29, 0.717) is 5.56 Å². The largest absolute Gasteiger partial charge is 0.393 e. The van der Waals surface area contributed by atoms with Crippen LogP contribution in [0.15, 0.2) is 24.3 Å². The summed E-state index contributed by atoms with van der Waals surface area (Å²) >= 11 is 0. The fourth-order valence-electron chi connectivity index (χ4n) is 1.97. The van der Waals surface area contributed by atoms with Gasteiger partial charge in [0.05, 0.1) is 11.4 Å². The van der Waals surface area contributed by atoms with Gasteiger partial charge in [-0.2, -0.15) is 0 Å². The molecule has 0 fully saturated rings. The Morgan fingerprint density at radius 3 is 2.32 bits per heavy atom. The first-order valence-corrected chi connectivity index (χ1v) is 9.68. The van der Waals surface area contributed by atoms with Gasteiger partial charge in [-0.1, -0.05) is 11.8 Å². The van der Waals surface area contributed by atoms with Crippen LogP contribution in [0.2, 0.25) is 0 Å². The summed E-state index contributed by atoms with van der Waals surface area (Å²) in [5.74, 6) is 8.48. The summed E-state index contributed by atoms with van der Waals surface area (Å²) in [4.78, 5) is 24.4. The predicted octanol–water partition coefficient (Wildman–Crippen LogP) is -0.844. The van der Waals surface area contributed by atoms with Crippen LogP contribution in [-0.2, 0) is 15.6 Å². The molecule has 0 aliphatic carbocycles. The van der Waals surface area contributed by atoms with Gasteiger partial charge in [-0.3, -0.25) is 19.0 Å². The van der Waals surface area contributed by atoms with Gasteiger partial charge in [0.15, 0.2) is 0 Å². The van der Waals surface area contributed by atoms with Gasteiger partial charge in [-0.25, -0.2) is 5.48 Å². The zero-order valence-electron chi connectivity index (χ0n) is 15.6. The maximum absolute atomic E-state index is 12.4. The van der Waals surface area contributed by atoms with Crippen molar-refractivity contribution >= 4 is 22.6 Å². The number of hydrogen-bond donors (Lipinski definition) is 5. The fraction of sp³-hybridized carbons (Fsp3) is 0.368. The number of rotatable bonds is 6. The Bertz CT molecular complexity index is 858. The van der Waals surface area contributed by atoms with E-state index in [1.165, 1.54) is 37.7 Å². The molecule has 1 rings (SSSR count). The van der Waals surface area contributed by atoms with Crippen LogP contribution < -0.4 is 10.8 Å². The van der Waals surface area contributed by atoms with Crippen LogP contribution in [0.3, 0.4) is 0 Å². The summed E-state index contributed by atoms with van der Waals surface area (Å²) in [6.07, 6.45) is 0.255. The Morgan fingerprint density at radius 1 is 1.21 bits per heavy atom. The van der Waals surface area contributed by atoms with E-state index in [9.17, 15) is 13.8 Å². The van der Waals surface area contributed by atoms with Gasteiger partial charge in [0.2, 0.25) is 0 Å². The third-order valence-electron chi connectivity index (χ3n) is 3.91. The highest BCUT2D eigenvalue weighted by Gasteiger charge is 2.39. The first-order chi connectivity index (χ1) is 13.1. The molecule has 0 radical (unpaired) electrons. The minimum Gasteiger partial charge on any atom is -0.393 e. The van der Waals surface area contributed by atoms with Crippen molar-refractivity contribution in [2.75, 3.05) is 12.9 Å². The molecule has 8 nitrogen and oxygen atoms in total. The summed E-state index contributed by atoms with van der Waals surface area (Å²) in [5, 5.41) is 29.1. The second-order valence-corrected chi connectivity index (χ2v) is 8.20. The van der Waals surface area contributed by atoms with E-state index in [-0.39, 0.29) is 5.56 Å². The van der Waals surface area contributed by atoms with E-state index in [1.807, 2.05) is 0 Å². The highest BCUT2D eigenvalue weighted by Crippen LogP contribution is 2.18. The highest BCUT2D eigenvalue weighted by molar-refractivity contribution is 7.85. The monoisotopic (exact) mass is 406 g/mol. The van der Waals surface area contributed by atoms with Crippen molar-refractivity contribution in [3.05, 3.63) is 35.4 Å². The SMILES string of the molecule is CS(=O)C(C)(C)[C@H](NC(=O)c1ccc(C#CC#CC(O)CO)cc1)C(=O)NO. The fourth-order valence-corrected chi connectivity index (χ4v) is 2.47. The number of aliphatic hydroxyl groups is 2. The van der Waals surface area contributed by atoms with E-state index in [4.69, 9.17) is 15.4 Å².